The molecule has 2 aromatic heterocycles. The Balaban J connectivity index is 1.30. The Morgan fingerprint density at radius 1 is 0.381 bits per heavy atom. The third kappa shape index (κ3) is 3.40. The van der Waals surface area contributed by atoms with Crippen molar-refractivity contribution in [1.29, 1.82) is 10.5 Å². The van der Waals surface area contributed by atoms with Crippen LogP contribution < -0.4 is 0 Å². The molecule has 0 aliphatic heterocycles. The van der Waals surface area contributed by atoms with Gasteiger partial charge in [0.05, 0.1) is 45.3 Å². The highest BCUT2D eigenvalue weighted by Gasteiger charge is 2.17. The molecule has 0 bridgehead atoms. The van der Waals surface area contributed by atoms with Crippen molar-refractivity contribution in [3.63, 3.8) is 0 Å². The third-order valence-electron chi connectivity index (χ3n) is 8.21. The number of para-hydroxylation sites is 4. The van der Waals surface area contributed by atoms with Crippen molar-refractivity contribution in [2.45, 2.75) is 0 Å². The minimum absolute atomic E-state index is 0.524. The molecule has 4 nitrogen and oxygen atoms in total. The first-order chi connectivity index (χ1) is 20.8. The van der Waals surface area contributed by atoms with Gasteiger partial charge in [-0.1, -0.05) is 84.9 Å². The molecule has 2 heterocycles. The molecule has 0 saturated heterocycles. The van der Waals surface area contributed by atoms with E-state index in [1.54, 1.807) is 0 Å². The van der Waals surface area contributed by atoms with Crippen LogP contribution in [0.4, 0.5) is 0 Å². The number of aromatic nitrogens is 2. The van der Waals surface area contributed by atoms with Gasteiger partial charge in [-0.3, -0.25) is 0 Å². The van der Waals surface area contributed by atoms with Gasteiger partial charge in [0.25, 0.3) is 0 Å². The lowest BCUT2D eigenvalue weighted by atomic mass is 9.95. The van der Waals surface area contributed by atoms with Gasteiger partial charge in [0.2, 0.25) is 0 Å². The Morgan fingerprint density at radius 3 is 1.00 bits per heavy atom. The topological polar surface area (TPSA) is 57.4 Å². The second kappa shape index (κ2) is 9.24. The van der Waals surface area contributed by atoms with E-state index in [0.29, 0.717) is 11.1 Å². The maximum absolute atomic E-state index is 10.3. The second-order valence-corrected chi connectivity index (χ2v) is 10.4. The number of hydrogen-bond donors (Lipinski definition) is 0. The molecule has 0 fully saturated rings. The molecule has 0 radical (unpaired) electrons. The maximum atomic E-state index is 10.3. The van der Waals surface area contributed by atoms with Crippen LogP contribution >= 0.6 is 0 Å². The van der Waals surface area contributed by atoms with Crippen LogP contribution in [0.15, 0.2) is 133 Å². The summed E-state index contributed by atoms with van der Waals surface area (Å²) >= 11 is 0. The van der Waals surface area contributed by atoms with Crippen LogP contribution in [-0.2, 0) is 0 Å². The quantitative estimate of drug-likeness (QED) is 0.227. The van der Waals surface area contributed by atoms with Gasteiger partial charge in [0.15, 0.2) is 0 Å². The lowest BCUT2D eigenvalue weighted by molar-refractivity contribution is 1.17. The molecule has 0 aliphatic rings. The van der Waals surface area contributed by atoms with E-state index in [1.807, 2.05) is 60.7 Å². The van der Waals surface area contributed by atoms with Gasteiger partial charge in [0.1, 0.15) is 0 Å². The number of benzene rings is 6. The molecule has 0 amide bonds. The van der Waals surface area contributed by atoms with Crippen molar-refractivity contribution in [2.75, 3.05) is 0 Å². The van der Waals surface area contributed by atoms with Gasteiger partial charge in [0, 0.05) is 44.0 Å². The highest BCUT2D eigenvalue weighted by molar-refractivity contribution is 6.10. The summed E-state index contributed by atoms with van der Waals surface area (Å²) in [6, 6.07) is 50.0. The molecule has 0 atom stereocenters. The first-order valence-electron chi connectivity index (χ1n) is 13.8. The second-order valence-electron chi connectivity index (χ2n) is 10.4. The summed E-state index contributed by atoms with van der Waals surface area (Å²) in [5.41, 5.74) is 8.70. The maximum Gasteiger partial charge on any atom is 0.0998 e. The zero-order chi connectivity index (χ0) is 28.2. The molecular formula is C38H22N4. The van der Waals surface area contributed by atoms with Crippen molar-refractivity contribution in [1.82, 2.24) is 9.13 Å². The lowest BCUT2D eigenvalue weighted by Gasteiger charge is -2.14. The van der Waals surface area contributed by atoms with Gasteiger partial charge in [-0.2, -0.15) is 10.5 Å². The minimum Gasteiger partial charge on any atom is -0.309 e. The van der Waals surface area contributed by atoms with Crippen LogP contribution in [0.25, 0.3) is 66.1 Å². The van der Waals surface area contributed by atoms with E-state index in [0.717, 1.165) is 44.6 Å². The summed E-state index contributed by atoms with van der Waals surface area (Å²) in [6.07, 6.45) is 0. The van der Waals surface area contributed by atoms with Crippen LogP contribution in [0, 0.1) is 22.7 Å². The Morgan fingerprint density at radius 2 is 0.690 bits per heavy atom. The van der Waals surface area contributed by atoms with Gasteiger partial charge in [-0.05, 0) is 48.5 Å². The predicted molar refractivity (Wildman–Crippen MR) is 170 cm³/mol. The highest BCUT2D eigenvalue weighted by atomic mass is 15.0. The van der Waals surface area contributed by atoms with Crippen LogP contribution in [0.3, 0.4) is 0 Å². The van der Waals surface area contributed by atoms with Gasteiger partial charge < -0.3 is 9.13 Å². The van der Waals surface area contributed by atoms with E-state index in [1.165, 1.54) is 21.5 Å². The van der Waals surface area contributed by atoms with Gasteiger partial charge in [-0.15, -0.1) is 0 Å². The summed E-state index contributed by atoms with van der Waals surface area (Å²) in [6.45, 7) is 0. The number of fused-ring (bicyclic) bond motifs is 6. The van der Waals surface area contributed by atoms with E-state index in [-0.39, 0.29) is 0 Å². The van der Waals surface area contributed by atoms with E-state index in [2.05, 4.69) is 94.1 Å². The summed E-state index contributed by atoms with van der Waals surface area (Å²) in [5.74, 6) is 0. The fraction of sp³-hybridized carbons (Fsp3) is 0. The minimum atomic E-state index is 0.524. The first-order valence-corrected chi connectivity index (χ1v) is 13.8. The Hall–Kier alpha value is -6.10. The summed E-state index contributed by atoms with van der Waals surface area (Å²) < 4.78 is 4.40. The van der Waals surface area contributed by atoms with E-state index >= 15 is 0 Å². The number of rotatable bonds is 3. The molecule has 0 N–H and O–H groups in total. The molecule has 0 unspecified atom stereocenters. The molecule has 0 aliphatic carbocycles. The summed E-state index contributed by atoms with van der Waals surface area (Å²) in [5, 5.41) is 25.3. The van der Waals surface area contributed by atoms with Crippen molar-refractivity contribution in [3.8, 4) is 34.6 Å². The number of nitriles is 2. The van der Waals surface area contributed by atoms with Crippen molar-refractivity contribution in [3.05, 3.63) is 145 Å². The fourth-order valence-corrected chi connectivity index (χ4v) is 6.40. The van der Waals surface area contributed by atoms with Crippen LogP contribution in [0.5, 0.6) is 0 Å². The van der Waals surface area contributed by atoms with Crippen LogP contribution in [0.1, 0.15) is 11.1 Å². The average Bonchev–Trinajstić information content (AvgIpc) is 3.57. The monoisotopic (exact) mass is 534 g/mol. The first kappa shape index (κ1) is 23.8. The Bertz CT molecular complexity index is 2160. The van der Waals surface area contributed by atoms with Gasteiger partial charge >= 0.3 is 0 Å². The summed E-state index contributed by atoms with van der Waals surface area (Å²) in [7, 11) is 0. The highest BCUT2D eigenvalue weighted by Crippen LogP contribution is 2.36. The molecule has 0 saturated carbocycles. The molecule has 0 spiro atoms. The third-order valence-corrected chi connectivity index (χ3v) is 8.21. The normalized spacial score (nSPS) is 11.3. The summed E-state index contributed by atoms with van der Waals surface area (Å²) in [4.78, 5) is 0. The van der Waals surface area contributed by atoms with Gasteiger partial charge in [-0.25, -0.2) is 0 Å². The molecule has 6 aromatic carbocycles. The smallest absolute Gasteiger partial charge is 0.0998 e. The molecule has 4 heteroatoms. The molecule has 8 rings (SSSR count). The Labute approximate surface area is 242 Å². The molecule has 8 aromatic rings. The van der Waals surface area contributed by atoms with E-state index in [4.69, 9.17) is 0 Å². The fourth-order valence-electron chi connectivity index (χ4n) is 6.40. The van der Waals surface area contributed by atoms with Crippen LogP contribution in [-0.4, -0.2) is 9.13 Å². The predicted octanol–water partition coefficient (Wildman–Crippen LogP) is 9.29. The lowest BCUT2D eigenvalue weighted by Crippen LogP contribution is -1.98. The number of nitrogens with zero attached hydrogens (tertiary/aromatic N) is 4. The van der Waals surface area contributed by atoms with Crippen molar-refractivity contribution in [2.24, 2.45) is 0 Å². The zero-order valence-corrected chi connectivity index (χ0v) is 22.5. The van der Waals surface area contributed by atoms with Crippen LogP contribution in [0.2, 0.25) is 0 Å². The largest absolute Gasteiger partial charge is 0.309 e. The van der Waals surface area contributed by atoms with E-state index in [9.17, 15) is 10.5 Å². The van der Waals surface area contributed by atoms with Crippen molar-refractivity contribution >= 4 is 43.6 Å². The molecule has 42 heavy (non-hydrogen) atoms. The van der Waals surface area contributed by atoms with E-state index < -0.39 is 0 Å². The average molecular weight is 535 g/mol. The Kier molecular flexibility index (Phi) is 5.22. The molecular weight excluding hydrogens is 512 g/mol. The number of hydrogen-bond acceptors (Lipinski definition) is 2. The van der Waals surface area contributed by atoms with Crippen molar-refractivity contribution < 1.29 is 0 Å². The zero-order valence-electron chi connectivity index (χ0n) is 22.5. The standard InChI is InChI=1S/C38H22N4/c39-23-25-21-27(41-35-13-5-1-9-31(35)32-10-2-6-14-36(32)41)17-19-29(25)30-20-18-28(22-26(30)24-40)42-37-15-7-3-11-33(37)34-12-4-8-16-38(34)42/h1-22H. The SMILES string of the molecule is N#Cc1cc(-n2c3ccccc3c3ccccc32)ccc1-c1ccc(-n2c3ccccc3c3ccccc32)cc1C#N. The molecule has 194 valence electrons.